The highest BCUT2D eigenvalue weighted by molar-refractivity contribution is 5.94. The minimum absolute atomic E-state index is 0.0241. The molecule has 1 aliphatic rings. The third-order valence-corrected chi connectivity index (χ3v) is 3.12. The van der Waals surface area contributed by atoms with Crippen LogP contribution in [0.2, 0.25) is 0 Å². The molecule has 0 saturated carbocycles. The molecule has 2 rings (SSSR count). The summed E-state index contributed by atoms with van der Waals surface area (Å²) in [7, 11) is 1.34. The van der Waals surface area contributed by atoms with Crippen LogP contribution < -0.4 is 10.1 Å². The van der Waals surface area contributed by atoms with E-state index < -0.39 is 0 Å². The zero-order valence-corrected chi connectivity index (χ0v) is 11.6. The van der Waals surface area contributed by atoms with Gasteiger partial charge in [0, 0.05) is 23.7 Å². The summed E-state index contributed by atoms with van der Waals surface area (Å²) in [6.45, 7) is 1.94. The number of carbonyl (C=O) groups excluding carboxylic acids is 2. The van der Waals surface area contributed by atoms with Crippen LogP contribution in [0.4, 0.5) is 5.69 Å². The van der Waals surface area contributed by atoms with E-state index >= 15 is 0 Å². The maximum atomic E-state index is 11.3. The zero-order chi connectivity index (χ0) is 14.5. The Kier molecular flexibility index (Phi) is 4.40. The molecule has 0 fully saturated rings. The Balaban J connectivity index is 1.99. The topological polar surface area (TPSA) is 64.6 Å². The number of benzene rings is 1. The fraction of sp³-hybridized carbons (Fsp3) is 0.333. The molecule has 0 aliphatic carbocycles. The molecule has 1 aliphatic heterocycles. The number of nitrogens with one attached hydrogen (secondary N) is 1. The zero-order valence-electron chi connectivity index (χ0n) is 11.6. The second-order valence-corrected chi connectivity index (χ2v) is 4.56. The maximum Gasteiger partial charge on any atom is 0.333 e. The van der Waals surface area contributed by atoms with Crippen molar-refractivity contribution >= 4 is 17.6 Å². The lowest BCUT2D eigenvalue weighted by Gasteiger charge is -2.17. The van der Waals surface area contributed by atoms with Gasteiger partial charge >= 0.3 is 5.97 Å². The lowest BCUT2D eigenvalue weighted by molar-refractivity contribution is -0.136. The van der Waals surface area contributed by atoms with Gasteiger partial charge in [-0.25, -0.2) is 4.79 Å². The van der Waals surface area contributed by atoms with Crippen molar-refractivity contribution < 1.29 is 19.1 Å². The van der Waals surface area contributed by atoms with E-state index in [0.717, 1.165) is 17.7 Å². The SMILES string of the molecule is COC(=O)/C(C)=C/COc1ccc2c(c1)NC(=O)CC2. The van der Waals surface area contributed by atoms with Gasteiger partial charge in [-0.1, -0.05) is 6.07 Å². The first-order valence-corrected chi connectivity index (χ1v) is 6.41. The number of carbonyl (C=O) groups is 2. The average Bonchev–Trinajstić information content (AvgIpc) is 2.45. The van der Waals surface area contributed by atoms with Gasteiger partial charge in [-0.15, -0.1) is 0 Å². The van der Waals surface area contributed by atoms with Crippen molar-refractivity contribution in [2.75, 3.05) is 19.0 Å². The Bertz CT molecular complexity index is 563. The van der Waals surface area contributed by atoms with Gasteiger partial charge in [-0.3, -0.25) is 4.79 Å². The number of esters is 1. The van der Waals surface area contributed by atoms with Crippen LogP contribution in [0.1, 0.15) is 18.9 Å². The predicted molar refractivity (Wildman–Crippen MR) is 74.7 cm³/mol. The minimum Gasteiger partial charge on any atom is -0.489 e. The average molecular weight is 275 g/mol. The molecular formula is C15H17NO4. The van der Waals surface area contributed by atoms with E-state index in [0.29, 0.717) is 17.7 Å². The summed E-state index contributed by atoms with van der Waals surface area (Å²) in [5.74, 6) is 0.308. The summed E-state index contributed by atoms with van der Waals surface area (Å²) in [5, 5.41) is 2.82. The van der Waals surface area contributed by atoms with E-state index in [1.54, 1.807) is 19.1 Å². The first-order chi connectivity index (χ1) is 9.60. The van der Waals surface area contributed by atoms with Crippen molar-refractivity contribution in [3.63, 3.8) is 0 Å². The lowest BCUT2D eigenvalue weighted by atomic mass is 10.0. The number of fused-ring (bicyclic) bond motifs is 1. The van der Waals surface area contributed by atoms with Gasteiger partial charge in [-0.2, -0.15) is 0 Å². The van der Waals surface area contributed by atoms with Crippen molar-refractivity contribution in [2.24, 2.45) is 0 Å². The molecule has 20 heavy (non-hydrogen) atoms. The third-order valence-electron chi connectivity index (χ3n) is 3.12. The quantitative estimate of drug-likeness (QED) is 0.675. The fourth-order valence-corrected chi connectivity index (χ4v) is 1.95. The van der Waals surface area contributed by atoms with Crippen LogP contribution in [0, 0.1) is 0 Å². The number of hydrogen-bond donors (Lipinski definition) is 1. The Morgan fingerprint density at radius 2 is 2.20 bits per heavy atom. The number of methoxy groups -OCH3 is 1. The summed E-state index contributed by atoms with van der Waals surface area (Å²) in [4.78, 5) is 22.5. The molecule has 1 heterocycles. The van der Waals surface area contributed by atoms with Crippen molar-refractivity contribution in [3.8, 4) is 5.75 Å². The Labute approximate surface area is 117 Å². The van der Waals surface area contributed by atoms with Crippen LogP contribution in [-0.4, -0.2) is 25.6 Å². The summed E-state index contributed by atoms with van der Waals surface area (Å²) < 4.78 is 10.1. The molecule has 0 saturated heterocycles. The largest absolute Gasteiger partial charge is 0.489 e. The highest BCUT2D eigenvalue weighted by Crippen LogP contribution is 2.27. The molecule has 0 bridgehead atoms. The monoisotopic (exact) mass is 275 g/mol. The van der Waals surface area contributed by atoms with Crippen LogP contribution in [0.15, 0.2) is 29.8 Å². The van der Waals surface area contributed by atoms with Crippen LogP contribution in [-0.2, 0) is 20.7 Å². The van der Waals surface area contributed by atoms with Crippen molar-refractivity contribution in [1.82, 2.24) is 0 Å². The van der Waals surface area contributed by atoms with Crippen molar-refractivity contribution in [3.05, 3.63) is 35.4 Å². The van der Waals surface area contributed by atoms with Crippen molar-refractivity contribution in [2.45, 2.75) is 19.8 Å². The van der Waals surface area contributed by atoms with E-state index in [4.69, 9.17) is 4.74 Å². The number of hydrogen-bond acceptors (Lipinski definition) is 4. The Hall–Kier alpha value is -2.30. The first kappa shape index (κ1) is 14.1. The standard InChI is InChI=1S/C15H17NO4/c1-10(15(18)19-2)7-8-20-12-5-3-11-4-6-14(17)16-13(11)9-12/h3,5,7,9H,4,6,8H2,1-2H3,(H,16,17)/b10-7+. The molecule has 0 atom stereocenters. The minimum atomic E-state index is -0.369. The second kappa shape index (κ2) is 6.23. The predicted octanol–water partition coefficient (Wildman–Crippen LogP) is 2.07. The third kappa shape index (κ3) is 3.38. The number of amides is 1. The molecule has 1 amide bonds. The van der Waals surface area contributed by atoms with Crippen LogP contribution in [0.3, 0.4) is 0 Å². The van der Waals surface area contributed by atoms with Gasteiger partial charge in [0.25, 0.3) is 0 Å². The molecule has 106 valence electrons. The molecule has 0 radical (unpaired) electrons. The summed E-state index contributed by atoms with van der Waals surface area (Å²) in [6.07, 6.45) is 2.93. The molecule has 0 spiro atoms. The molecule has 1 aromatic carbocycles. The highest BCUT2D eigenvalue weighted by atomic mass is 16.5. The molecule has 0 aromatic heterocycles. The van der Waals surface area contributed by atoms with Crippen LogP contribution in [0.5, 0.6) is 5.75 Å². The second-order valence-electron chi connectivity index (χ2n) is 4.56. The Morgan fingerprint density at radius 1 is 1.40 bits per heavy atom. The molecule has 1 aromatic rings. The van der Waals surface area contributed by atoms with Gasteiger partial charge in [0.05, 0.1) is 7.11 Å². The first-order valence-electron chi connectivity index (χ1n) is 6.41. The van der Waals surface area contributed by atoms with E-state index in [-0.39, 0.29) is 18.5 Å². The number of aryl methyl sites for hydroxylation is 1. The number of ether oxygens (including phenoxy) is 2. The Morgan fingerprint density at radius 3 is 2.95 bits per heavy atom. The highest BCUT2D eigenvalue weighted by Gasteiger charge is 2.14. The number of anilines is 1. The van der Waals surface area contributed by atoms with Gasteiger partial charge in [0.2, 0.25) is 5.91 Å². The van der Waals surface area contributed by atoms with Crippen LogP contribution in [0.25, 0.3) is 0 Å². The van der Waals surface area contributed by atoms with E-state index in [1.165, 1.54) is 7.11 Å². The van der Waals surface area contributed by atoms with Gasteiger partial charge in [0.15, 0.2) is 0 Å². The molecule has 5 nitrogen and oxygen atoms in total. The summed E-state index contributed by atoms with van der Waals surface area (Å²) in [6, 6.07) is 5.60. The van der Waals surface area contributed by atoms with Crippen molar-refractivity contribution in [1.29, 1.82) is 0 Å². The molecule has 0 unspecified atom stereocenters. The molecule has 5 heteroatoms. The lowest BCUT2D eigenvalue weighted by Crippen LogP contribution is -2.18. The van der Waals surface area contributed by atoms with E-state index in [2.05, 4.69) is 10.1 Å². The van der Waals surface area contributed by atoms with Gasteiger partial charge in [0.1, 0.15) is 12.4 Å². The van der Waals surface area contributed by atoms with E-state index in [9.17, 15) is 9.59 Å². The molecular weight excluding hydrogens is 258 g/mol. The van der Waals surface area contributed by atoms with Crippen LogP contribution >= 0.6 is 0 Å². The van der Waals surface area contributed by atoms with Gasteiger partial charge < -0.3 is 14.8 Å². The smallest absolute Gasteiger partial charge is 0.333 e. The fourth-order valence-electron chi connectivity index (χ4n) is 1.95. The van der Waals surface area contributed by atoms with Gasteiger partial charge in [-0.05, 0) is 31.1 Å². The summed E-state index contributed by atoms with van der Waals surface area (Å²) >= 11 is 0. The maximum absolute atomic E-state index is 11.3. The number of rotatable bonds is 4. The normalized spacial score (nSPS) is 14.3. The van der Waals surface area contributed by atoms with E-state index in [1.807, 2.05) is 12.1 Å². The molecule has 1 N–H and O–H groups in total. The summed E-state index contributed by atoms with van der Waals surface area (Å²) in [5.41, 5.74) is 2.41.